The van der Waals surface area contributed by atoms with Crippen LogP contribution in [0.4, 0.5) is 8.78 Å². The van der Waals surface area contributed by atoms with Crippen molar-refractivity contribution < 1.29 is 8.78 Å². The number of rotatable bonds is 3. The Bertz CT molecular complexity index is 527. The Morgan fingerprint density at radius 1 is 1.41 bits per heavy atom. The molecule has 2 rings (SSSR count). The summed E-state index contributed by atoms with van der Waals surface area (Å²) >= 11 is 1.45. The third-order valence-corrected chi connectivity index (χ3v) is 3.16. The van der Waals surface area contributed by atoms with E-state index in [9.17, 15) is 8.78 Å². The van der Waals surface area contributed by atoms with Crippen LogP contribution in [0.1, 0.15) is 22.3 Å². The maximum absolute atomic E-state index is 13.6. The van der Waals surface area contributed by atoms with Crippen LogP contribution in [0.5, 0.6) is 0 Å². The van der Waals surface area contributed by atoms with Gasteiger partial charge in [-0.1, -0.05) is 6.07 Å². The Labute approximate surface area is 101 Å². The first kappa shape index (κ1) is 12.1. The molecule has 1 heterocycles. The van der Waals surface area contributed by atoms with Crippen molar-refractivity contribution in [3.63, 3.8) is 0 Å². The van der Waals surface area contributed by atoms with Gasteiger partial charge >= 0.3 is 0 Å². The highest BCUT2D eigenvalue weighted by Gasteiger charge is 2.19. The van der Waals surface area contributed by atoms with Crippen LogP contribution in [-0.2, 0) is 0 Å². The molecule has 0 aliphatic carbocycles. The molecule has 3 nitrogen and oxygen atoms in total. The molecule has 1 unspecified atom stereocenters. The molecule has 17 heavy (non-hydrogen) atoms. The van der Waals surface area contributed by atoms with Crippen LogP contribution in [0.25, 0.3) is 0 Å². The smallest absolute Gasteiger partial charge is 0.131 e. The molecule has 0 aliphatic heterocycles. The third kappa shape index (κ3) is 2.49. The highest BCUT2D eigenvalue weighted by Crippen LogP contribution is 2.25. The van der Waals surface area contributed by atoms with Gasteiger partial charge in [-0.15, -0.1) is 11.3 Å². The molecular weight excluding hydrogens is 244 g/mol. The minimum Gasteiger partial charge on any atom is -0.271 e. The van der Waals surface area contributed by atoms with E-state index in [1.54, 1.807) is 5.38 Å². The Kier molecular flexibility index (Phi) is 3.46. The van der Waals surface area contributed by atoms with Gasteiger partial charge in [-0.25, -0.2) is 19.2 Å². The summed E-state index contributed by atoms with van der Waals surface area (Å²) in [6.07, 6.45) is 0. The molecule has 2 aromatic rings. The normalized spacial score (nSPS) is 12.7. The van der Waals surface area contributed by atoms with E-state index in [4.69, 9.17) is 5.84 Å². The van der Waals surface area contributed by atoms with Gasteiger partial charge in [0.25, 0.3) is 0 Å². The van der Waals surface area contributed by atoms with Gasteiger partial charge in [0.2, 0.25) is 0 Å². The summed E-state index contributed by atoms with van der Waals surface area (Å²) in [6.45, 7) is 1.85. The van der Waals surface area contributed by atoms with Gasteiger partial charge in [0.15, 0.2) is 0 Å². The molecule has 1 atom stereocenters. The maximum Gasteiger partial charge on any atom is 0.131 e. The van der Waals surface area contributed by atoms with Crippen molar-refractivity contribution in [3.8, 4) is 0 Å². The number of thiazole rings is 1. The summed E-state index contributed by atoms with van der Waals surface area (Å²) < 4.78 is 26.4. The fraction of sp³-hybridized carbons (Fsp3) is 0.182. The van der Waals surface area contributed by atoms with Gasteiger partial charge in [0.05, 0.1) is 16.7 Å². The monoisotopic (exact) mass is 255 g/mol. The molecule has 0 saturated heterocycles. The summed E-state index contributed by atoms with van der Waals surface area (Å²) in [5.74, 6) is 4.15. The first-order chi connectivity index (χ1) is 8.11. The van der Waals surface area contributed by atoms with Crippen molar-refractivity contribution >= 4 is 11.3 Å². The highest BCUT2D eigenvalue weighted by atomic mass is 32.1. The minimum atomic E-state index is -0.640. The van der Waals surface area contributed by atoms with Crippen LogP contribution in [0.3, 0.4) is 0 Å². The second kappa shape index (κ2) is 4.87. The van der Waals surface area contributed by atoms with Gasteiger partial charge in [0.1, 0.15) is 11.6 Å². The fourth-order valence-corrected chi connectivity index (χ4v) is 2.22. The molecule has 0 bridgehead atoms. The molecule has 0 radical (unpaired) electrons. The number of hydrazine groups is 1. The first-order valence-corrected chi connectivity index (χ1v) is 5.83. The van der Waals surface area contributed by atoms with E-state index in [0.717, 1.165) is 11.1 Å². The largest absolute Gasteiger partial charge is 0.271 e. The van der Waals surface area contributed by atoms with E-state index in [1.807, 2.05) is 6.92 Å². The number of aryl methyl sites for hydroxylation is 1. The molecule has 1 aromatic carbocycles. The molecule has 90 valence electrons. The number of halogens is 2. The molecular formula is C11H11F2N3S. The standard InChI is InChI=1S/C11H11F2N3S/c1-6-15-10(5-17-6)11(16-14)8-3-2-7(12)4-9(8)13/h2-5,11,16H,14H2,1H3. The third-order valence-electron chi connectivity index (χ3n) is 2.37. The van der Waals surface area contributed by atoms with Crippen molar-refractivity contribution in [2.75, 3.05) is 0 Å². The van der Waals surface area contributed by atoms with Crippen LogP contribution >= 0.6 is 11.3 Å². The summed E-state index contributed by atoms with van der Waals surface area (Å²) in [7, 11) is 0. The number of nitrogens with two attached hydrogens (primary N) is 1. The van der Waals surface area contributed by atoms with Gasteiger partial charge < -0.3 is 0 Å². The maximum atomic E-state index is 13.6. The number of aromatic nitrogens is 1. The average molecular weight is 255 g/mol. The van der Waals surface area contributed by atoms with Gasteiger partial charge in [-0.05, 0) is 13.0 Å². The molecule has 3 N–H and O–H groups in total. The Morgan fingerprint density at radius 3 is 2.71 bits per heavy atom. The summed E-state index contributed by atoms with van der Waals surface area (Å²) in [5.41, 5.74) is 3.39. The van der Waals surface area contributed by atoms with Gasteiger partial charge in [-0.2, -0.15) is 0 Å². The SMILES string of the molecule is Cc1nc(C(NN)c2ccc(F)cc2F)cs1. The lowest BCUT2D eigenvalue weighted by molar-refractivity contribution is 0.537. The molecule has 0 fully saturated rings. The van der Waals surface area contributed by atoms with E-state index in [0.29, 0.717) is 5.69 Å². The summed E-state index contributed by atoms with van der Waals surface area (Å²) in [5, 5.41) is 2.66. The predicted octanol–water partition coefficient (Wildman–Crippen LogP) is 2.28. The van der Waals surface area contributed by atoms with Crippen LogP contribution in [0, 0.1) is 18.6 Å². The van der Waals surface area contributed by atoms with E-state index in [1.165, 1.54) is 23.5 Å². The van der Waals surface area contributed by atoms with Gasteiger partial charge in [-0.3, -0.25) is 5.84 Å². The lowest BCUT2D eigenvalue weighted by Crippen LogP contribution is -2.29. The second-order valence-corrected chi connectivity index (χ2v) is 4.62. The van der Waals surface area contributed by atoms with Crippen LogP contribution in [0.2, 0.25) is 0 Å². The summed E-state index contributed by atoms with van der Waals surface area (Å²) in [6, 6.07) is 2.82. The number of hydrogen-bond donors (Lipinski definition) is 2. The van der Waals surface area contributed by atoms with E-state index < -0.39 is 17.7 Å². The lowest BCUT2D eigenvalue weighted by Gasteiger charge is -2.14. The zero-order valence-corrected chi connectivity index (χ0v) is 9.89. The predicted molar refractivity (Wildman–Crippen MR) is 62.4 cm³/mol. The van der Waals surface area contributed by atoms with E-state index in [-0.39, 0.29) is 5.56 Å². The van der Waals surface area contributed by atoms with Gasteiger partial charge in [0, 0.05) is 17.0 Å². The van der Waals surface area contributed by atoms with Crippen LogP contribution < -0.4 is 11.3 Å². The number of benzene rings is 1. The van der Waals surface area contributed by atoms with Crippen molar-refractivity contribution in [1.82, 2.24) is 10.4 Å². The average Bonchev–Trinajstić information content (AvgIpc) is 2.69. The molecule has 1 aromatic heterocycles. The highest BCUT2D eigenvalue weighted by molar-refractivity contribution is 7.09. The Balaban J connectivity index is 2.42. The Hall–Kier alpha value is -1.37. The molecule has 6 heteroatoms. The van der Waals surface area contributed by atoms with Crippen molar-refractivity contribution in [1.29, 1.82) is 0 Å². The molecule has 0 spiro atoms. The molecule has 0 saturated carbocycles. The zero-order chi connectivity index (χ0) is 12.4. The number of hydrogen-bond acceptors (Lipinski definition) is 4. The summed E-state index contributed by atoms with van der Waals surface area (Å²) in [4.78, 5) is 4.24. The van der Waals surface area contributed by atoms with E-state index >= 15 is 0 Å². The van der Waals surface area contributed by atoms with E-state index in [2.05, 4.69) is 10.4 Å². The molecule has 0 amide bonds. The lowest BCUT2D eigenvalue weighted by atomic mass is 10.0. The van der Waals surface area contributed by atoms with Crippen molar-refractivity contribution in [2.24, 2.45) is 5.84 Å². The Morgan fingerprint density at radius 2 is 2.18 bits per heavy atom. The topological polar surface area (TPSA) is 50.9 Å². The zero-order valence-electron chi connectivity index (χ0n) is 9.08. The van der Waals surface area contributed by atoms with Crippen LogP contribution in [-0.4, -0.2) is 4.98 Å². The van der Waals surface area contributed by atoms with Crippen molar-refractivity contribution in [2.45, 2.75) is 13.0 Å². The number of nitrogens with zero attached hydrogens (tertiary/aromatic N) is 1. The van der Waals surface area contributed by atoms with Crippen molar-refractivity contribution in [3.05, 3.63) is 51.5 Å². The van der Waals surface area contributed by atoms with Crippen LogP contribution in [0.15, 0.2) is 23.6 Å². The minimum absolute atomic E-state index is 0.277. The fourth-order valence-electron chi connectivity index (χ4n) is 1.58. The number of nitrogens with one attached hydrogen (secondary N) is 1. The quantitative estimate of drug-likeness (QED) is 0.653. The first-order valence-electron chi connectivity index (χ1n) is 4.95. The second-order valence-electron chi connectivity index (χ2n) is 3.56. The molecule has 0 aliphatic rings.